The first-order valence-electron chi connectivity index (χ1n) is 7.93. The molecule has 0 spiro atoms. The van der Waals surface area contributed by atoms with Gasteiger partial charge in [-0.2, -0.15) is 5.26 Å². The number of hydrogen-bond donors (Lipinski definition) is 1. The molecule has 0 fully saturated rings. The van der Waals surface area contributed by atoms with E-state index >= 15 is 0 Å². The Bertz CT molecular complexity index is 878. The summed E-state index contributed by atoms with van der Waals surface area (Å²) in [6, 6.07) is 12.9. The van der Waals surface area contributed by atoms with Crippen molar-refractivity contribution in [3.8, 4) is 11.8 Å². The highest BCUT2D eigenvalue weighted by atomic mass is 35.5. The van der Waals surface area contributed by atoms with Crippen LogP contribution >= 0.6 is 23.2 Å². The monoisotopic (exact) mass is 406 g/mol. The van der Waals surface area contributed by atoms with E-state index in [1.54, 1.807) is 30.3 Å². The first-order chi connectivity index (χ1) is 12.8. The third-order valence-electron chi connectivity index (χ3n) is 3.47. The number of nitrogens with zero attached hydrogens (tertiary/aromatic N) is 1. The van der Waals surface area contributed by atoms with E-state index in [4.69, 9.17) is 37.9 Å². The quantitative estimate of drug-likeness (QED) is 0.725. The van der Waals surface area contributed by atoms with Gasteiger partial charge in [-0.25, -0.2) is 4.79 Å². The zero-order chi connectivity index (χ0) is 20.0. The van der Waals surface area contributed by atoms with Gasteiger partial charge in [0.25, 0.3) is 5.91 Å². The first-order valence-corrected chi connectivity index (χ1v) is 8.69. The molecule has 0 aliphatic heterocycles. The fraction of sp³-hybridized carbons (Fsp3) is 0.211. The summed E-state index contributed by atoms with van der Waals surface area (Å²) in [4.78, 5) is 24.3. The third kappa shape index (κ3) is 5.88. The highest BCUT2D eigenvalue weighted by Crippen LogP contribution is 2.28. The second kappa shape index (κ2) is 9.26. The van der Waals surface area contributed by atoms with Gasteiger partial charge < -0.3 is 14.8 Å². The zero-order valence-electron chi connectivity index (χ0n) is 14.5. The van der Waals surface area contributed by atoms with E-state index in [1.165, 1.54) is 26.0 Å². The molecule has 1 N–H and O–H groups in total. The molecule has 2 rings (SSSR count). The average Bonchev–Trinajstić information content (AvgIpc) is 2.64. The van der Waals surface area contributed by atoms with Crippen LogP contribution in [0.3, 0.4) is 0 Å². The fourth-order valence-corrected chi connectivity index (χ4v) is 2.46. The van der Waals surface area contributed by atoms with Crippen LogP contribution in [0.4, 0.5) is 5.69 Å². The number of anilines is 1. The number of rotatable bonds is 6. The number of nitrogens with one attached hydrogen (secondary N) is 1. The van der Waals surface area contributed by atoms with Crippen LogP contribution in [-0.2, 0) is 14.3 Å². The SMILES string of the molecule is C[C@@H](OC(=O)[C@@H](C)Oc1ccc(Cl)cc1Cl)C(=O)Nc1ccc(C#N)cc1. The van der Waals surface area contributed by atoms with Gasteiger partial charge in [0.2, 0.25) is 0 Å². The van der Waals surface area contributed by atoms with Crippen molar-refractivity contribution in [3.63, 3.8) is 0 Å². The Balaban J connectivity index is 1.91. The number of halogens is 2. The summed E-state index contributed by atoms with van der Waals surface area (Å²) < 4.78 is 10.6. The van der Waals surface area contributed by atoms with Crippen molar-refractivity contribution in [1.82, 2.24) is 0 Å². The maximum atomic E-state index is 12.1. The number of amides is 1. The normalized spacial score (nSPS) is 12.4. The molecule has 2 aromatic rings. The van der Waals surface area contributed by atoms with Crippen molar-refractivity contribution >= 4 is 40.8 Å². The van der Waals surface area contributed by atoms with Crippen LogP contribution in [0.25, 0.3) is 0 Å². The lowest BCUT2D eigenvalue weighted by Gasteiger charge is -2.18. The highest BCUT2D eigenvalue weighted by Gasteiger charge is 2.24. The van der Waals surface area contributed by atoms with Crippen LogP contribution in [0.5, 0.6) is 5.75 Å². The number of hydrogen-bond acceptors (Lipinski definition) is 5. The number of benzene rings is 2. The van der Waals surface area contributed by atoms with Gasteiger partial charge in [0, 0.05) is 10.7 Å². The minimum Gasteiger partial charge on any atom is -0.477 e. The minimum absolute atomic E-state index is 0.258. The smallest absolute Gasteiger partial charge is 0.347 e. The van der Waals surface area contributed by atoms with E-state index in [0.29, 0.717) is 16.3 Å². The lowest BCUT2D eigenvalue weighted by molar-refractivity contribution is -0.159. The molecule has 8 heteroatoms. The van der Waals surface area contributed by atoms with E-state index in [-0.39, 0.29) is 10.8 Å². The maximum absolute atomic E-state index is 12.1. The van der Waals surface area contributed by atoms with E-state index in [2.05, 4.69) is 5.32 Å². The molecule has 0 aliphatic rings. The number of carbonyl (C=O) groups excluding carboxylic acids is 2. The lowest BCUT2D eigenvalue weighted by atomic mass is 10.2. The molecule has 0 saturated heterocycles. The van der Waals surface area contributed by atoms with E-state index < -0.39 is 24.1 Å². The molecular formula is C19H16Cl2N2O4. The van der Waals surface area contributed by atoms with Gasteiger partial charge in [0.15, 0.2) is 12.2 Å². The molecule has 0 aromatic heterocycles. The largest absolute Gasteiger partial charge is 0.477 e. The van der Waals surface area contributed by atoms with Crippen molar-refractivity contribution in [3.05, 3.63) is 58.1 Å². The Kier molecular flexibility index (Phi) is 7.05. The molecule has 0 saturated carbocycles. The second-order valence-corrected chi connectivity index (χ2v) is 6.44. The fourth-order valence-electron chi connectivity index (χ4n) is 2.00. The molecule has 6 nitrogen and oxygen atoms in total. The summed E-state index contributed by atoms with van der Waals surface area (Å²) in [5.74, 6) is -0.950. The first kappa shape index (κ1) is 20.6. The number of nitriles is 1. The van der Waals surface area contributed by atoms with Crippen LogP contribution in [0.15, 0.2) is 42.5 Å². The summed E-state index contributed by atoms with van der Waals surface area (Å²) in [5.41, 5.74) is 0.957. The Labute approximate surface area is 166 Å². The zero-order valence-corrected chi connectivity index (χ0v) is 16.0. The number of esters is 1. The van der Waals surface area contributed by atoms with Gasteiger partial charge in [0.05, 0.1) is 16.7 Å². The van der Waals surface area contributed by atoms with Crippen LogP contribution in [-0.4, -0.2) is 24.1 Å². The topological polar surface area (TPSA) is 88.4 Å². The van der Waals surface area contributed by atoms with Crippen molar-refractivity contribution in [1.29, 1.82) is 5.26 Å². The number of carbonyl (C=O) groups is 2. The molecule has 0 radical (unpaired) electrons. The summed E-state index contributed by atoms with van der Waals surface area (Å²) >= 11 is 11.8. The van der Waals surface area contributed by atoms with Crippen LogP contribution in [0.1, 0.15) is 19.4 Å². The van der Waals surface area contributed by atoms with Crippen LogP contribution in [0, 0.1) is 11.3 Å². The molecule has 0 heterocycles. The molecule has 1 amide bonds. The Morgan fingerprint density at radius 3 is 2.33 bits per heavy atom. The van der Waals surface area contributed by atoms with Gasteiger partial charge in [-0.3, -0.25) is 4.79 Å². The summed E-state index contributed by atoms with van der Waals surface area (Å²) in [5, 5.41) is 12.1. The number of ether oxygens (including phenoxy) is 2. The van der Waals surface area contributed by atoms with Crippen molar-refractivity contribution < 1.29 is 19.1 Å². The van der Waals surface area contributed by atoms with Gasteiger partial charge in [-0.1, -0.05) is 23.2 Å². The van der Waals surface area contributed by atoms with Crippen molar-refractivity contribution in [2.45, 2.75) is 26.1 Å². The lowest BCUT2D eigenvalue weighted by Crippen LogP contribution is -2.35. The summed E-state index contributed by atoms with van der Waals surface area (Å²) in [6.45, 7) is 2.93. The van der Waals surface area contributed by atoms with Gasteiger partial charge in [-0.05, 0) is 56.3 Å². The summed E-state index contributed by atoms with van der Waals surface area (Å²) in [6.07, 6.45) is -2.02. The molecular weight excluding hydrogens is 391 g/mol. The Morgan fingerprint density at radius 1 is 1.07 bits per heavy atom. The molecule has 140 valence electrons. The van der Waals surface area contributed by atoms with Crippen LogP contribution in [0.2, 0.25) is 10.0 Å². The molecule has 0 aliphatic carbocycles. The molecule has 0 unspecified atom stereocenters. The Morgan fingerprint density at radius 2 is 1.74 bits per heavy atom. The molecule has 2 aromatic carbocycles. The molecule has 2 atom stereocenters. The second-order valence-electron chi connectivity index (χ2n) is 5.59. The van der Waals surface area contributed by atoms with Crippen molar-refractivity contribution in [2.24, 2.45) is 0 Å². The van der Waals surface area contributed by atoms with Gasteiger partial charge >= 0.3 is 5.97 Å². The van der Waals surface area contributed by atoms with Crippen molar-refractivity contribution in [2.75, 3.05) is 5.32 Å². The average molecular weight is 407 g/mol. The predicted molar refractivity (Wildman–Crippen MR) is 102 cm³/mol. The van der Waals surface area contributed by atoms with E-state index in [0.717, 1.165) is 0 Å². The minimum atomic E-state index is -1.04. The van der Waals surface area contributed by atoms with Gasteiger partial charge in [0.1, 0.15) is 5.75 Å². The van der Waals surface area contributed by atoms with Gasteiger partial charge in [-0.15, -0.1) is 0 Å². The predicted octanol–water partition coefficient (Wildman–Crippen LogP) is 4.20. The maximum Gasteiger partial charge on any atom is 0.347 e. The highest BCUT2D eigenvalue weighted by molar-refractivity contribution is 6.35. The molecule has 27 heavy (non-hydrogen) atoms. The standard InChI is InChI=1S/C19H16Cl2N2O4/c1-11(18(24)23-15-6-3-13(10-22)4-7-15)27-19(25)12(2)26-17-8-5-14(20)9-16(17)21/h3-9,11-12H,1-2H3,(H,23,24)/t11-,12-/m1/s1. The molecule has 0 bridgehead atoms. The third-order valence-corrected chi connectivity index (χ3v) is 4.00. The van der Waals surface area contributed by atoms with Crippen LogP contribution < -0.4 is 10.1 Å². The van der Waals surface area contributed by atoms with E-state index in [9.17, 15) is 9.59 Å². The Hall–Kier alpha value is -2.75. The van der Waals surface area contributed by atoms with E-state index in [1.807, 2.05) is 6.07 Å². The summed E-state index contributed by atoms with van der Waals surface area (Å²) in [7, 11) is 0.